The maximum absolute atomic E-state index is 7.15. The Balaban J connectivity index is 1.11. The zero-order valence-corrected chi connectivity index (χ0v) is 29.8. The van der Waals surface area contributed by atoms with E-state index in [1.54, 1.807) is 0 Å². The lowest BCUT2D eigenvalue weighted by Crippen LogP contribution is -2.43. The first-order valence-electron chi connectivity index (χ1n) is 19.1. The molecule has 0 aromatic heterocycles. The Morgan fingerprint density at radius 2 is 1.22 bits per heavy atom. The van der Waals surface area contributed by atoms with Crippen molar-refractivity contribution in [3.8, 4) is 28.0 Å². The third kappa shape index (κ3) is 4.64. The van der Waals surface area contributed by atoms with Crippen LogP contribution >= 0.6 is 0 Å². The van der Waals surface area contributed by atoms with Crippen LogP contribution in [0.1, 0.15) is 40.7 Å². The summed E-state index contributed by atoms with van der Waals surface area (Å²) in [5.41, 5.74) is 11.5. The van der Waals surface area contributed by atoms with E-state index in [0.717, 1.165) is 58.1 Å². The molecule has 0 saturated carbocycles. The molecule has 3 unspecified atom stereocenters. The lowest BCUT2D eigenvalue weighted by molar-refractivity contribution is 0.254. The molecule has 3 aliphatic carbocycles. The maximum atomic E-state index is 7.15. The lowest BCUT2D eigenvalue weighted by atomic mass is 9.60. The molecule has 0 fully saturated rings. The molecule has 3 nitrogen and oxygen atoms in total. The largest absolute Gasteiger partial charge is 0.460 e. The summed E-state index contributed by atoms with van der Waals surface area (Å²) in [7, 11) is 0. The molecule has 2 heterocycles. The van der Waals surface area contributed by atoms with E-state index in [1.807, 2.05) is 0 Å². The molecule has 11 rings (SSSR count). The Kier molecular flexibility index (Phi) is 7.10. The van der Waals surface area contributed by atoms with Crippen molar-refractivity contribution in [1.29, 1.82) is 0 Å². The van der Waals surface area contributed by atoms with Crippen molar-refractivity contribution in [3.63, 3.8) is 0 Å². The van der Waals surface area contributed by atoms with Crippen molar-refractivity contribution < 1.29 is 4.74 Å². The number of rotatable bonds is 4. The maximum Gasteiger partial charge on any atom is 0.139 e. The minimum atomic E-state index is -0.385. The Labute approximate surface area is 315 Å². The zero-order chi connectivity index (χ0) is 35.6. The van der Waals surface area contributed by atoms with Gasteiger partial charge in [-0.05, 0) is 63.2 Å². The van der Waals surface area contributed by atoms with E-state index in [0.29, 0.717) is 0 Å². The number of nitrogens with one attached hydrogen (secondary N) is 1. The number of fused-ring (bicyclic) bond motifs is 10. The molecular formula is C51H38N2O. The normalized spacial score (nSPS) is 20.9. The summed E-state index contributed by atoms with van der Waals surface area (Å²) in [6, 6.07) is 52.8. The summed E-state index contributed by atoms with van der Waals surface area (Å²) in [5.74, 6) is 3.27. The first-order chi connectivity index (χ1) is 26.8. The van der Waals surface area contributed by atoms with Gasteiger partial charge in [-0.3, -0.25) is 0 Å². The summed E-state index contributed by atoms with van der Waals surface area (Å²) in [5, 5.41) is 6.44. The molecule has 2 aliphatic heterocycles. The number of amidine groups is 1. The van der Waals surface area contributed by atoms with E-state index in [4.69, 9.17) is 9.73 Å². The van der Waals surface area contributed by atoms with E-state index in [1.165, 1.54) is 38.3 Å². The Morgan fingerprint density at radius 3 is 2.02 bits per heavy atom. The van der Waals surface area contributed by atoms with Gasteiger partial charge in [-0.1, -0.05) is 170 Å². The standard InChI is InChI=1S/C51H38N2O/c1-2-16-34(17-3-1)50-52-46(36-30-29-33-15-4-5-18-35(33)31-36)32-47(53-50)40-22-7-6-19-37(40)41-23-14-27-45-49(41)54-48-28-13-12-26-44(48)51(45)42-24-10-8-20-38(42)39-21-9-11-25-43(39)51/h1-25,27-29,31-32,36,44,46H,26,30H2,(H,52,53). The highest BCUT2D eigenvalue weighted by molar-refractivity contribution is 6.04. The first kappa shape index (κ1) is 31.1. The average Bonchev–Trinajstić information content (AvgIpc) is 3.54. The molecule has 0 bridgehead atoms. The van der Waals surface area contributed by atoms with Gasteiger partial charge in [0.2, 0.25) is 0 Å². The highest BCUT2D eigenvalue weighted by atomic mass is 16.5. The van der Waals surface area contributed by atoms with Gasteiger partial charge in [0, 0.05) is 34.1 Å². The fraction of sp³-hybridized carbons (Fsp3) is 0.118. The van der Waals surface area contributed by atoms with Crippen LogP contribution in [0, 0.1) is 11.8 Å². The van der Waals surface area contributed by atoms with Gasteiger partial charge in [-0.15, -0.1) is 0 Å². The Morgan fingerprint density at radius 1 is 0.574 bits per heavy atom. The molecule has 6 aromatic carbocycles. The molecule has 1 N–H and O–H groups in total. The highest BCUT2D eigenvalue weighted by Gasteiger charge is 2.55. The van der Waals surface area contributed by atoms with Crippen LogP contribution in [0.5, 0.6) is 5.75 Å². The van der Waals surface area contributed by atoms with Crippen LogP contribution in [-0.4, -0.2) is 11.9 Å². The third-order valence-corrected chi connectivity index (χ3v) is 12.2. The van der Waals surface area contributed by atoms with E-state index in [2.05, 4.69) is 187 Å². The molecule has 3 heteroatoms. The summed E-state index contributed by atoms with van der Waals surface area (Å²) in [6.07, 6.45) is 15.7. The number of benzene rings is 6. The lowest BCUT2D eigenvalue weighted by Gasteiger charge is -2.46. The van der Waals surface area contributed by atoms with Crippen LogP contribution in [0.4, 0.5) is 0 Å². The third-order valence-electron chi connectivity index (χ3n) is 12.2. The summed E-state index contributed by atoms with van der Waals surface area (Å²) in [6.45, 7) is 0. The second-order valence-electron chi connectivity index (χ2n) is 15.0. The molecule has 1 spiro atoms. The predicted molar refractivity (Wildman–Crippen MR) is 220 cm³/mol. The fourth-order valence-electron chi connectivity index (χ4n) is 9.80. The summed E-state index contributed by atoms with van der Waals surface area (Å²) >= 11 is 0. The predicted octanol–water partition coefficient (Wildman–Crippen LogP) is 9.56. The monoisotopic (exact) mass is 694 g/mol. The second kappa shape index (κ2) is 12.3. The Hall–Kier alpha value is -6.45. The van der Waals surface area contributed by atoms with E-state index >= 15 is 0 Å². The molecule has 6 aromatic rings. The van der Waals surface area contributed by atoms with Gasteiger partial charge in [-0.2, -0.15) is 0 Å². The van der Waals surface area contributed by atoms with E-state index in [9.17, 15) is 0 Å². The van der Waals surface area contributed by atoms with Gasteiger partial charge in [0.1, 0.15) is 17.3 Å². The van der Waals surface area contributed by atoms with Gasteiger partial charge in [0.25, 0.3) is 0 Å². The van der Waals surface area contributed by atoms with Crippen molar-refractivity contribution in [2.75, 3.05) is 0 Å². The van der Waals surface area contributed by atoms with E-state index < -0.39 is 0 Å². The van der Waals surface area contributed by atoms with Gasteiger partial charge in [-0.25, -0.2) is 4.99 Å². The molecule has 0 radical (unpaired) electrons. The molecule has 3 atom stereocenters. The van der Waals surface area contributed by atoms with Crippen molar-refractivity contribution >= 4 is 23.7 Å². The number of hydrogen-bond donors (Lipinski definition) is 1. The summed E-state index contributed by atoms with van der Waals surface area (Å²) in [4.78, 5) is 5.39. The van der Waals surface area contributed by atoms with Crippen molar-refractivity contribution in [2.24, 2.45) is 16.8 Å². The topological polar surface area (TPSA) is 33.6 Å². The summed E-state index contributed by atoms with van der Waals surface area (Å²) < 4.78 is 7.15. The molecule has 0 saturated heterocycles. The van der Waals surface area contributed by atoms with Gasteiger partial charge >= 0.3 is 0 Å². The van der Waals surface area contributed by atoms with Crippen LogP contribution in [-0.2, 0) is 5.41 Å². The van der Waals surface area contributed by atoms with Gasteiger partial charge < -0.3 is 10.1 Å². The molecule has 54 heavy (non-hydrogen) atoms. The molecule has 258 valence electrons. The molecule has 0 amide bonds. The number of aliphatic imine (C=N–C) groups is 1. The minimum absolute atomic E-state index is 0.0565. The van der Waals surface area contributed by atoms with Crippen LogP contribution in [0.25, 0.3) is 40.1 Å². The second-order valence-corrected chi connectivity index (χ2v) is 15.0. The van der Waals surface area contributed by atoms with Crippen molar-refractivity contribution in [1.82, 2.24) is 5.32 Å². The fourth-order valence-corrected chi connectivity index (χ4v) is 9.80. The number of nitrogens with zero attached hydrogens (tertiary/aromatic N) is 1. The van der Waals surface area contributed by atoms with Crippen LogP contribution in [0.2, 0.25) is 0 Å². The average molecular weight is 695 g/mol. The quantitative estimate of drug-likeness (QED) is 0.200. The van der Waals surface area contributed by atoms with Crippen LogP contribution in [0.3, 0.4) is 0 Å². The van der Waals surface area contributed by atoms with Gasteiger partial charge in [0.15, 0.2) is 0 Å². The highest BCUT2D eigenvalue weighted by Crippen LogP contribution is 2.64. The first-order valence-corrected chi connectivity index (χ1v) is 19.1. The number of para-hydroxylation sites is 1. The molecule has 5 aliphatic rings. The number of hydrogen-bond acceptors (Lipinski definition) is 3. The Bertz CT molecular complexity index is 2710. The smallest absolute Gasteiger partial charge is 0.139 e. The van der Waals surface area contributed by atoms with Crippen LogP contribution < -0.4 is 20.5 Å². The SMILES string of the molecule is C1=CCC2C(=C1)Oc1c(-c3ccccc3C3=CC(C4C=c5ccccc5=CC4)NC(c4ccccc4)=N3)cccc1C21c2ccccc2-c2ccccc21. The van der Waals surface area contributed by atoms with Crippen molar-refractivity contribution in [3.05, 3.63) is 214 Å². The number of allylic oxidation sites excluding steroid dienone is 4. The minimum Gasteiger partial charge on any atom is -0.460 e. The zero-order valence-electron chi connectivity index (χ0n) is 29.8. The van der Waals surface area contributed by atoms with E-state index in [-0.39, 0.29) is 23.3 Å². The molecular weight excluding hydrogens is 657 g/mol. The van der Waals surface area contributed by atoms with Crippen molar-refractivity contribution in [2.45, 2.75) is 24.3 Å². The van der Waals surface area contributed by atoms with Crippen LogP contribution in [0.15, 0.2) is 181 Å². The van der Waals surface area contributed by atoms with Gasteiger partial charge in [0.05, 0.1) is 17.2 Å². The number of ether oxygens (including phenoxy) is 1.